The molecule has 0 aliphatic rings. The fourth-order valence-corrected chi connectivity index (χ4v) is 1.12. The molecule has 0 bridgehead atoms. The van der Waals surface area contributed by atoms with Crippen molar-refractivity contribution in [3.63, 3.8) is 0 Å². The summed E-state index contributed by atoms with van der Waals surface area (Å²) in [5.41, 5.74) is 5.41. The molecule has 1 heterocycles. The summed E-state index contributed by atoms with van der Waals surface area (Å²) in [7, 11) is 0. The molecule has 9 heteroatoms. The molecule has 0 amide bonds. The predicted octanol–water partition coefficient (Wildman–Crippen LogP) is 1.96. The van der Waals surface area contributed by atoms with Gasteiger partial charge in [0.15, 0.2) is 0 Å². The van der Waals surface area contributed by atoms with Crippen LogP contribution in [0.3, 0.4) is 0 Å². The molecule has 19 heavy (non-hydrogen) atoms. The maximum Gasteiger partial charge on any atom is 0.389 e. The second-order valence-corrected chi connectivity index (χ2v) is 3.99. The number of nitrogens with zero attached hydrogens (tertiary/aromatic N) is 3. The third kappa shape index (κ3) is 6.63. The summed E-state index contributed by atoms with van der Waals surface area (Å²) in [5.74, 6) is -0.114. The van der Waals surface area contributed by atoms with Crippen LogP contribution in [0.2, 0.25) is 0 Å². The Morgan fingerprint density at radius 1 is 1.16 bits per heavy atom. The molecule has 0 radical (unpaired) electrons. The van der Waals surface area contributed by atoms with Gasteiger partial charge >= 0.3 is 18.2 Å². The number of alkyl halides is 3. The van der Waals surface area contributed by atoms with Gasteiger partial charge in [-0.1, -0.05) is 0 Å². The first-order valence-corrected chi connectivity index (χ1v) is 5.64. The molecule has 6 nitrogen and oxygen atoms in total. The van der Waals surface area contributed by atoms with E-state index < -0.39 is 12.6 Å². The lowest BCUT2D eigenvalue weighted by atomic mass is 10.3. The van der Waals surface area contributed by atoms with E-state index in [4.69, 9.17) is 15.2 Å². The molecule has 1 aromatic rings. The maximum absolute atomic E-state index is 11.9. The fourth-order valence-electron chi connectivity index (χ4n) is 1.12. The number of rotatable bonds is 6. The Balaban J connectivity index is 2.51. The van der Waals surface area contributed by atoms with Crippen LogP contribution in [0, 0.1) is 0 Å². The number of hydrogen-bond acceptors (Lipinski definition) is 6. The first-order valence-electron chi connectivity index (χ1n) is 5.64. The first-order chi connectivity index (χ1) is 8.76. The van der Waals surface area contributed by atoms with E-state index in [1.54, 1.807) is 13.8 Å². The minimum absolute atomic E-state index is 0.0201. The second-order valence-electron chi connectivity index (χ2n) is 3.99. The summed E-state index contributed by atoms with van der Waals surface area (Å²) >= 11 is 0. The van der Waals surface area contributed by atoms with Crippen molar-refractivity contribution < 1.29 is 22.6 Å². The van der Waals surface area contributed by atoms with Crippen LogP contribution >= 0.6 is 0 Å². The van der Waals surface area contributed by atoms with Crippen LogP contribution in [0.4, 0.5) is 19.1 Å². The van der Waals surface area contributed by atoms with E-state index in [0.717, 1.165) is 0 Å². The Kier molecular flexibility index (Phi) is 5.13. The van der Waals surface area contributed by atoms with Crippen molar-refractivity contribution in [3.8, 4) is 12.0 Å². The highest BCUT2D eigenvalue weighted by Gasteiger charge is 2.26. The van der Waals surface area contributed by atoms with E-state index in [1.807, 2.05) is 0 Å². The standard InChI is InChI=1S/C10H15F3N4O2/c1-6(2)19-9-16-7(14)15-8(17-9)18-5-3-4-10(11,12)13/h6H,3-5H2,1-2H3,(H2,14,15,16,17). The summed E-state index contributed by atoms with van der Waals surface area (Å²) in [6.07, 6.45) is -5.48. The second kappa shape index (κ2) is 6.39. The first kappa shape index (κ1) is 15.3. The van der Waals surface area contributed by atoms with Crippen molar-refractivity contribution in [1.29, 1.82) is 0 Å². The number of halogens is 3. The fraction of sp³-hybridized carbons (Fsp3) is 0.700. The largest absolute Gasteiger partial charge is 0.463 e. The van der Waals surface area contributed by atoms with Gasteiger partial charge in [-0.3, -0.25) is 0 Å². The van der Waals surface area contributed by atoms with Crippen LogP contribution < -0.4 is 15.2 Å². The average Bonchev–Trinajstić information content (AvgIpc) is 2.21. The normalized spacial score (nSPS) is 11.7. The van der Waals surface area contributed by atoms with Gasteiger partial charge in [0.25, 0.3) is 0 Å². The lowest BCUT2D eigenvalue weighted by Crippen LogP contribution is -2.13. The van der Waals surface area contributed by atoms with Crippen molar-refractivity contribution in [2.24, 2.45) is 0 Å². The van der Waals surface area contributed by atoms with Gasteiger partial charge in [0.1, 0.15) is 0 Å². The van der Waals surface area contributed by atoms with Crippen LogP contribution in [-0.2, 0) is 0 Å². The van der Waals surface area contributed by atoms with Crippen LogP contribution in [-0.4, -0.2) is 33.8 Å². The van der Waals surface area contributed by atoms with E-state index in [0.29, 0.717) is 0 Å². The lowest BCUT2D eigenvalue weighted by Gasteiger charge is -2.10. The third-order valence-electron chi connectivity index (χ3n) is 1.79. The van der Waals surface area contributed by atoms with Gasteiger partial charge in [0.05, 0.1) is 12.7 Å². The summed E-state index contributed by atoms with van der Waals surface area (Å²) in [6.45, 7) is 3.37. The number of hydrogen-bond donors (Lipinski definition) is 1. The van der Waals surface area contributed by atoms with Gasteiger partial charge in [-0.05, 0) is 20.3 Å². The molecule has 0 aromatic carbocycles. The minimum Gasteiger partial charge on any atom is -0.463 e. The topological polar surface area (TPSA) is 83.2 Å². The molecule has 0 atom stereocenters. The molecule has 108 valence electrons. The SMILES string of the molecule is CC(C)Oc1nc(N)nc(OCCCC(F)(F)F)n1. The van der Waals surface area contributed by atoms with E-state index >= 15 is 0 Å². The van der Waals surface area contributed by atoms with Gasteiger partial charge < -0.3 is 15.2 Å². The Morgan fingerprint density at radius 3 is 2.37 bits per heavy atom. The highest BCUT2D eigenvalue weighted by Crippen LogP contribution is 2.21. The smallest absolute Gasteiger partial charge is 0.389 e. The molecule has 0 saturated carbocycles. The van der Waals surface area contributed by atoms with Gasteiger partial charge in [-0.2, -0.15) is 23.1 Å². The minimum atomic E-state index is -4.20. The average molecular weight is 280 g/mol. The number of nitrogens with two attached hydrogens (primary N) is 1. The Labute approximate surface area is 108 Å². The molecule has 0 spiro atoms. The van der Waals surface area contributed by atoms with Gasteiger partial charge in [0, 0.05) is 6.42 Å². The summed E-state index contributed by atoms with van der Waals surface area (Å²) in [6, 6.07) is -0.168. The Hall–Kier alpha value is -1.80. The van der Waals surface area contributed by atoms with Crippen LogP contribution in [0.25, 0.3) is 0 Å². The zero-order valence-corrected chi connectivity index (χ0v) is 10.6. The molecular formula is C10H15F3N4O2. The maximum atomic E-state index is 11.9. The van der Waals surface area contributed by atoms with Crippen molar-refractivity contribution >= 4 is 5.95 Å². The molecular weight excluding hydrogens is 265 g/mol. The molecule has 1 rings (SSSR count). The molecule has 0 saturated heterocycles. The summed E-state index contributed by atoms with van der Waals surface area (Å²) < 4.78 is 45.9. The third-order valence-corrected chi connectivity index (χ3v) is 1.79. The van der Waals surface area contributed by atoms with Crippen molar-refractivity contribution in [2.75, 3.05) is 12.3 Å². The van der Waals surface area contributed by atoms with E-state index in [-0.39, 0.29) is 37.1 Å². The Morgan fingerprint density at radius 2 is 1.79 bits per heavy atom. The summed E-state index contributed by atoms with van der Waals surface area (Å²) in [5, 5.41) is 0. The highest BCUT2D eigenvalue weighted by molar-refractivity contribution is 5.20. The van der Waals surface area contributed by atoms with Gasteiger partial charge in [0.2, 0.25) is 5.95 Å². The lowest BCUT2D eigenvalue weighted by molar-refractivity contribution is -0.136. The molecule has 2 N–H and O–H groups in total. The van der Waals surface area contributed by atoms with Crippen molar-refractivity contribution in [3.05, 3.63) is 0 Å². The monoisotopic (exact) mass is 280 g/mol. The van der Waals surface area contributed by atoms with Crippen molar-refractivity contribution in [1.82, 2.24) is 15.0 Å². The highest BCUT2D eigenvalue weighted by atomic mass is 19.4. The van der Waals surface area contributed by atoms with Crippen molar-refractivity contribution in [2.45, 2.75) is 39.0 Å². The molecule has 1 aromatic heterocycles. The number of aromatic nitrogens is 3. The molecule has 0 unspecified atom stereocenters. The van der Waals surface area contributed by atoms with Crippen LogP contribution in [0.1, 0.15) is 26.7 Å². The van der Waals surface area contributed by atoms with E-state index in [9.17, 15) is 13.2 Å². The van der Waals surface area contributed by atoms with E-state index in [1.165, 1.54) is 0 Å². The number of ether oxygens (including phenoxy) is 2. The molecule has 0 aliphatic carbocycles. The number of anilines is 1. The quantitative estimate of drug-likeness (QED) is 0.802. The van der Waals surface area contributed by atoms with Gasteiger partial charge in [-0.15, -0.1) is 4.98 Å². The van der Waals surface area contributed by atoms with Crippen LogP contribution in [0.5, 0.6) is 12.0 Å². The zero-order valence-electron chi connectivity index (χ0n) is 10.6. The molecule has 0 aliphatic heterocycles. The predicted molar refractivity (Wildman–Crippen MR) is 60.8 cm³/mol. The van der Waals surface area contributed by atoms with Gasteiger partial charge in [-0.25, -0.2) is 0 Å². The van der Waals surface area contributed by atoms with E-state index in [2.05, 4.69) is 15.0 Å². The summed E-state index contributed by atoms with van der Waals surface area (Å²) in [4.78, 5) is 11.1. The molecule has 0 fully saturated rings. The number of nitrogen functional groups attached to an aromatic ring is 1. The zero-order chi connectivity index (χ0) is 14.5. The Bertz CT molecular complexity index is 412. The van der Waals surface area contributed by atoms with Crippen LogP contribution in [0.15, 0.2) is 0 Å².